The molecule has 1 aliphatic rings. The Kier molecular flexibility index (Phi) is 9.95. The van der Waals surface area contributed by atoms with Crippen LogP contribution in [0.15, 0.2) is 48.7 Å². The molecule has 0 atom stereocenters. The number of hydrogen-bond acceptors (Lipinski definition) is 4. The predicted octanol–water partition coefficient (Wildman–Crippen LogP) is 7.21. The zero-order valence-corrected chi connectivity index (χ0v) is 24.7. The highest BCUT2D eigenvalue weighted by Gasteiger charge is 2.18. The van der Waals surface area contributed by atoms with Gasteiger partial charge in [0.25, 0.3) is 0 Å². The van der Waals surface area contributed by atoms with Crippen LogP contribution < -0.4 is 15.5 Å². The van der Waals surface area contributed by atoms with Crippen molar-refractivity contribution in [1.29, 1.82) is 0 Å². The Morgan fingerprint density at radius 3 is 2.57 bits per heavy atom. The number of aromatic nitrogens is 2. The first-order valence-corrected chi connectivity index (χ1v) is 15.5. The molecule has 4 N–H and O–H groups in total. The number of benzene rings is 2. The molecule has 2 amide bonds. The van der Waals surface area contributed by atoms with E-state index >= 15 is 0 Å². The van der Waals surface area contributed by atoms with E-state index in [4.69, 9.17) is 4.98 Å². The number of carboxylic acid groups (broad SMARTS) is 1. The summed E-state index contributed by atoms with van der Waals surface area (Å²) < 4.78 is 0. The maximum absolute atomic E-state index is 12.1. The number of amides is 2. The zero-order valence-electron chi connectivity index (χ0n) is 24.7. The number of nitrogens with zero attached hydrogens (tertiary/aromatic N) is 2. The number of rotatable bonds is 14. The Labute approximate surface area is 247 Å². The third kappa shape index (κ3) is 7.22. The van der Waals surface area contributed by atoms with Gasteiger partial charge in [0.1, 0.15) is 0 Å². The van der Waals surface area contributed by atoms with E-state index in [1.807, 2.05) is 24.4 Å². The van der Waals surface area contributed by atoms with Gasteiger partial charge in [0.15, 0.2) is 0 Å². The lowest BCUT2D eigenvalue weighted by atomic mass is 9.92. The Bertz CT molecular complexity index is 1530. The number of nitrogens with one attached hydrogen (secondary N) is 3. The van der Waals surface area contributed by atoms with Crippen molar-refractivity contribution < 1.29 is 14.7 Å². The van der Waals surface area contributed by atoms with Crippen LogP contribution in [0.3, 0.4) is 0 Å². The number of carbonyl (C=O) groups is 2. The average Bonchev–Trinajstić information content (AvgIpc) is 3.39. The SMILES string of the molecule is CC(=O)NCCc1c[nH]c2ccc(N(CCCCCCCCNc3c4c(nc5ccccc35)CCCC4)C(=O)O)cc12. The Morgan fingerprint density at radius 1 is 0.952 bits per heavy atom. The van der Waals surface area contributed by atoms with Crippen LogP contribution in [0.2, 0.25) is 0 Å². The average molecular weight is 570 g/mol. The second-order valence-electron chi connectivity index (χ2n) is 11.4. The maximum atomic E-state index is 12.1. The Balaban J connectivity index is 1.06. The minimum atomic E-state index is -0.929. The van der Waals surface area contributed by atoms with E-state index in [2.05, 4.69) is 39.9 Å². The normalized spacial score (nSPS) is 12.8. The number of para-hydroxylation sites is 1. The van der Waals surface area contributed by atoms with Crippen LogP contribution in [0.1, 0.15) is 75.1 Å². The quantitative estimate of drug-likeness (QED) is 0.120. The summed E-state index contributed by atoms with van der Waals surface area (Å²) in [6.45, 7) is 3.50. The van der Waals surface area contributed by atoms with Crippen molar-refractivity contribution in [2.45, 2.75) is 77.6 Å². The van der Waals surface area contributed by atoms with Gasteiger partial charge in [-0.25, -0.2) is 4.79 Å². The van der Waals surface area contributed by atoms with Gasteiger partial charge in [-0.2, -0.15) is 0 Å². The molecule has 42 heavy (non-hydrogen) atoms. The van der Waals surface area contributed by atoms with Gasteiger partial charge in [0.05, 0.1) is 5.52 Å². The molecule has 0 radical (unpaired) electrons. The molecule has 0 aliphatic heterocycles. The summed E-state index contributed by atoms with van der Waals surface area (Å²) in [4.78, 5) is 32.9. The molecule has 0 saturated carbocycles. The second-order valence-corrected chi connectivity index (χ2v) is 11.4. The van der Waals surface area contributed by atoms with E-state index < -0.39 is 6.09 Å². The minimum absolute atomic E-state index is 0.0545. The molecule has 0 saturated heterocycles. The molecule has 4 aromatic rings. The monoisotopic (exact) mass is 569 g/mol. The topological polar surface area (TPSA) is 110 Å². The van der Waals surface area contributed by atoms with E-state index in [1.54, 1.807) is 0 Å². The lowest BCUT2D eigenvalue weighted by Gasteiger charge is -2.21. The number of hydrogen-bond donors (Lipinski definition) is 4. The number of aryl methyl sites for hydroxylation is 1. The van der Waals surface area contributed by atoms with Gasteiger partial charge in [-0.05, 0) is 80.3 Å². The van der Waals surface area contributed by atoms with Gasteiger partial charge in [0, 0.05) is 66.1 Å². The first-order valence-electron chi connectivity index (χ1n) is 15.5. The molecular weight excluding hydrogens is 526 g/mol. The van der Waals surface area contributed by atoms with E-state index in [1.165, 1.54) is 47.0 Å². The molecule has 0 bridgehead atoms. The number of anilines is 2. The number of unbranched alkanes of at least 4 members (excludes halogenated alkanes) is 5. The van der Waals surface area contributed by atoms with Crippen LogP contribution in [0.4, 0.5) is 16.2 Å². The van der Waals surface area contributed by atoms with Gasteiger partial charge in [-0.1, -0.05) is 43.9 Å². The summed E-state index contributed by atoms with van der Waals surface area (Å²) in [5, 5.41) is 18.7. The summed E-state index contributed by atoms with van der Waals surface area (Å²) in [5.74, 6) is -0.0545. The van der Waals surface area contributed by atoms with Crippen LogP contribution in [-0.2, 0) is 24.1 Å². The van der Waals surface area contributed by atoms with Gasteiger partial charge < -0.3 is 20.7 Å². The number of H-pyrrole nitrogens is 1. The lowest BCUT2D eigenvalue weighted by molar-refractivity contribution is -0.118. The third-order valence-corrected chi connectivity index (χ3v) is 8.34. The molecule has 2 aromatic heterocycles. The number of fused-ring (bicyclic) bond motifs is 3. The van der Waals surface area contributed by atoms with Crippen LogP contribution in [-0.4, -0.2) is 46.7 Å². The highest BCUT2D eigenvalue weighted by Crippen LogP contribution is 2.33. The fourth-order valence-electron chi connectivity index (χ4n) is 6.14. The predicted molar refractivity (Wildman–Crippen MR) is 171 cm³/mol. The Hall–Kier alpha value is -4.07. The second kappa shape index (κ2) is 14.2. The molecule has 8 heteroatoms. The van der Waals surface area contributed by atoms with E-state index in [-0.39, 0.29) is 5.91 Å². The number of carbonyl (C=O) groups excluding carboxylic acids is 1. The molecule has 8 nitrogen and oxygen atoms in total. The van der Waals surface area contributed by atoms with Gasteiger partial charge >= 0.3 is 6.09 Å². The molecule has 0 unspecified atom stereocenters. The summed E-state index contributed by atoms with van der Waals surface area (Å²) in [5.41, 5.74) is 7.79. The van der Waals surface area contributed by atoms with Crippen molar-refractivity contribution >= 4 is 45.2 Å². The molecule has 0 spiro atoms. The highest BCUT2D eigenvalue weighted by atomic mass is 16.4. The number of pyridine rings is 1. The van der Waals surface area contributed by atoms with Crippen molar-refractivity contribution in [1.82, 2.24) is 15.3 Å². The largest absolute Gasteiger partial charge is 0.465 e. The minimum Gasteiger partial charge on any atom is -0.465 e. The van der Waals surface area contributed by atoms with Crippen LogP contribution in [0.25, 0.3) is 21.8 Å². The summed E-state index contributed by atoms with van der Waals surface area (Å²) in [6, 6.07) is 14.2. The zero-order chi connectivity index (χ0) is 29.3. The fraction of sp³-hybridized carbons (Fsp3) is 0.441. The molecule has 2 heterocycles. The van der Waals surface area contributed by atoms with E-state index in [0.29, 0.717) is 25.2 Å². The Morgan fingerprint density at radius 2 is 1.74 bits per heavy atom. The summed E-state index contributed by atoms with van der Waals surface area (Å²) in [7, 11) is 0. The fourth-order valence-corrected chi connectivity index (χ4v) is 6.14. The van der Waals surface area contributed by atoms with Crippen molar-refractivity contribution in [3.8, 4) is 0 Å². The molecule has 5 rings (SSSR count). The summed E-state index contributed by atoms with van der Waals surface area (Å²) >= 11 is 0. The molecule has 2 aromatic carbocycles. The number of aromatic amines is 1. The first kappa shape index (κ1) is 29.4. The maximum Gasteiger partial charge on any atom is 0.411 e. The van der Waals surface area contributed by atoms with Crippen molar-refractivity contribution in [2.75, 3.05) is 29.9 Å². The van der Waals surface area contributed by atoms with Crippen molar-refractivity contribution in [2.24, 2.45) is 0 Å². The summed E-state index contributed by atoms with van der Waals surface area (Å²) in [6.07, 6.45) is 12.7. The van der Waals surface area contributed by atoms with E-state index in [9.17, 15) is 14.7 Å². The molecular formula is C34H43N5O3. The van der Waals surface area contributed by atoms with Crippen LogP contribution in [0.5, 0.6) is 0 Å². The highest BCUT2D eigenvalue weighted by molar-refractivity contribution is 5.94. The molecule has 222 valence electrons. The standard InChI is InChI=1S/C34H43N5O3/c1-24(40)35-20-18-25-23-37-30-17-16-26(22-29(25)30)39(34(41)42)21-11-5-3-2-4-10-19-36-33-27-12-6-8-14-31(27)38-32-15-9-7-13-28(32)33/h6,8,12,14,16-17,22-23,37H,2-5,7,9-11,13,15,18-21H2,1H3,(H,35,40)(H,36,38)(H,41,42). The van der Waals surface area contributed by atoms with Gasteiger partial charge in [-0.15, -0.1) is 0 Å². The third-order valence-electron chi connectivity index (χ3n) is 8.34. The van der Waals surface area contributed by atoms with Gasteiger partial charge in [0.2, 0.25) is 5.91 Å². The lowest BCUT2D eigenvalue weighted by Crippen LogP contribution is -2.30. The molecule has 0 fully saturated rings. The van der Waals surface area contributed by atoms with Crippen molar-refractivity contribution in [3.05, 3.63) is 65.5 Å². The van der Waals surface area contributed by atoms with Gasteiger partial charge in [-0.3, -0.25) is 14.7 Å². The van der Waals surface area contributed by atoms with E-state index in [0.717, 1.165) is 79.9 Å². The van der Waals surface area contributed by atoms with Crippen molar-refractivity contribution in [3.63, 3.8) is 0 Å². The van der Waals surface area contributed by atoms with Crippen LogP contribution >= 0.6 is 0 Å². The van der Waals surface area contributed by atoms with Crippen LogP contribution in [0, 0.1) is 0 Å². The smallest absolute Gasteiger partial charge is 0.411 e. The first-order chi connectivity index (χ1) is 20.5. The molecule has 1 aliphatic carbocycles.